The Morgan fingerprint density at radius 1 is 0.538 bits per heavy atom. The minimum absolute atomic E-state index is 0. The topological polar surface area (TPSA) is 36.9 Å². The maximum atomic E-state index is 5.65. The van der Waals surface area contributed by atoms with Gasteiger partial charge in [0.1, 0.15) is 0 Å². The number of rotatable bonds is 0. The molecule has 1 heterocycles. The summed E-state index contributed by atoms with van der Waals surface area (Å²) in [4.78, 5) is 0. The van der Waals surface area contributed by atoms with Gasteiger partial charge in [0.25, 0.3) is 37.1 Å². The molecule has 13 heavy (non-hydrogen) atoms. The van der Waals surface area contributed by atoms with E-state index in [2.05, 4.69) is 0 Å². The Morgan fingerprint density at radius 3 is 0.846 bits per heavy atom. The molecule has 9 heteroatoms. The monoisotopic (exact) mass is 288 g/mol. The van der Waals surface area contributed by atoms with E-state index in [0.29, 0.717) is 0 Å². The summed E-state index contributed by atoms with van der Waals surface area (Å²) < 4.78 is 22.6. The van der Waals surface area contributed by atoms with Crippen molar-refractivity contribution in [3.8, 4) is 0 Å². The van der Waals surface area contributed by atoms with Crippen LogP contribution in [0.2, 0.25) is 26.2 Å². The van der Waals surface area contributed by atoms with Crippen molar-refractivity contribution in [2.24, 2.45) is 0 Å². The van der Waals surface area contributed by atoms with Gasteiger partial charge >= 0.3 is 0 Å². The van der Waals surface area contributed by atoms with Crippen molar-refractivity contribution in [2.45, 2.75) is 26.2 Å². The maximum absolute atomic E-state index is 5.65. The molecule has 0 aliphatic carbocycles. The Bertz CT molecular complexity index is 112. The standard InChI is InChI=1S/C4H16O4Si4.Ti/c1-9-5-10(2)7-12(4)8-11(3)6-9;/h9-12H,1-4H3;. The van der Waals surface area contributed by atoms with Crippen LogP contribution in [-0.2, 0) is 38.2 Å². The van der Waals surface area contributed by atoms with E-state index >= 15 is 0 Å². The van der Waals surface area contributed by atoms with Gasteiger partial charge in [0.2, 0.25) is 0 Å². The van der Waals surface area contributed by atoms with Gasteiger partial charge in [-0.3, -0.25) is 0 Å². The van der Waals surface area contributed by atoms with Crippen molar-refractivity contribution in [3.05, 3.63) is 0 Å². The molecule has 4 nitrogen and oxygen atoms in total. The van der Waals surface area contributed by atoms with Gasteiger partial charge in [0.15, 0.2) is 0 Å². The summed E-state index contributed by atoms with van der Waals surface area (Å²) in [5.41, 5.74) is 0. The summed E-state index contributed by atoms with van der Waals surface area (Å²) in [5.74, 6) is 0. The summed E-state index contributed by atoms with van der Waals surface area (Å²) in [7, 11) is -5.66. The first kappa shape index (κ1) is 14.4. The fourth-order valence-electron chi connectivity index (χ4n) is 1.21. The van der Waals surface area contributed by atoms with E-state index in [1.54, 1.807) is 0 Å². The van der Waals surface area contributed by atoms with Gasteiger partial charge in [0.05, 0.1) is 0 Å². The molecule has 0 bridgehead atoms. The van der Waals surface area contributed by atoms with E-state index in [9.17, 15) is 0 Å². The Hall–Kier alpha value is 1.42. The molecule has 1 rings (SSSR count). The zero-order valence-corrected chi connectivity index (χ0v) is 14.6. The van der Waals surface area contributed by atoms with E-state index in [1.807, 2.05) is 26.2 Å². The van der Waals surface area contributed by atoms with Gasteiger partial charge in [-0.1, -0.05) is 0 Å². The summed E-state index contributed by atoms with van der Waals surface area (Å²) in [6, 6.07) is 0. The number of hydrogen-bond donors (Lipinski definition) is 0. The molecule has 0 aromatic carbocycles. The van der Waals surface area contributed by atoms with Crippen LogP contribution < -0.4 is 0 Å². The van der Waals surface area contributed by atoms with Crippen LogP contribution in [-0.4, -0.2) is 37.1 Å². The predicted molar refractivity (Wildman–Crippen MR) is 56.4 cm³/mol. The third kappa shape index (κ3) is 5.77. The van der Waals surface area contributed by atoms with Gasteiger partial charge in [0, 0.05) is 21.7 Å². The van der Waals surface area contributed by atoms with Crippen LogP contribution in [0.1, 0.15) is 0 Å². The molecular weight excluding hydrogens is 272 g/mol. The quantitative estimate of drug-likeness (QED) is 0.561. The zero-order valence-electron chi connectivity index (χ0n) is 8.44. The Labute approximate surface area is 101 Å². The first-order valence-corrected chi connectivity index (χ1v) is 12.6. The SMILES string of the molecule is C[SiH]1O[SiH](C)O[SiH](C)O[SiH](C)O1.[Ti]. The average molecular weight is 288 g/mol. The first-order valence-electron chi connectivity index (χ1n) is 4.20. The van der Waals surface area contributed by atoms with E-state index in [0.717, 1.165) is 0 Å². The molecule has 0 radical (unpaired) electrons. The van der Waals surface area contributed by atoms with Gasteiger partial charge < -0.3 is 16.5 Å². The van der Waals surface area contributed by atoms with E-state index < -0.39 is 37.1 Å². The molecule has 0 amide bonds. The minimum atomic E-state index is -1.42. The van der Waals surface area contributed by atoms with Gasteiger partial charge in [-0.15, -0.1) is 0 Å². The van der Waals surface area contributed by atoms with Crippen molar-refractivity contribution in [2.75, 3.05) is 0 Å². The molecule has 1 saturated heterocycles. The molecule has 0 unspecified atom stereocenters. The number of hydrogen-bond acceptors (Lipinski definition) is 4. The second-order valence-electron chi connectivity index (χ2n) is 2.81. The summed E-state index contributed by atoms with van der Waals surface area (Å²) >= 11 is 0. The van der Waals surface area contributed by atoms with Crippen molar-refractivity contribution in [3.63, 3.8) is 0 Å². The predicted octanol–water partition coefficient (Wildman–Crippen LogP) is -0.535. The third-order valence-corrected chi connectivity index (χ3v) is 13.8. The molecule has 0 atom stereocenters. The Kier molecular flexibility index (Phi) is 7.57. The zero-order chi connectivity index (χ0) is 9.14. The molecule has 0 N–H and O–H groups in total. The second-order valence-corrected chi connectivity index (χ2v) is 11.7. The molecule has 0 spiro atoms. The Balaban J connectivity index is 0.00000144. The van der Waals surface area contributed by atoms with E-state index in [-0.39, 0.29) is 21.7 Å². The van der Waals surface area contributed by atoms with Crippen molar-refractivity contribution < 1.29 is 38.2 Å². The summed E-state index contributed by atoms with van der Waals surface area (Å²) in [6.07, 6.45) is 0. The molecule has 0 aromatic rings. The molecular formula is C4H16O4Si4Ti. The van der Waals surface area contributed by atoms with Gasteiger partial charge in [-0.2, -0.15) is 0 Å². The molecule has 1 fully saturated rings. The van der Waals surface area contributed by atoms with Crippen LogP contribution in [0.5, 0.6) is 0 Å². The molecule has 76 valence electrons. The van der Waals surface area contributed by atoms with Crippen LogP contribution in [0.4, 0.5) is 0 Å². The molecule has 0 saturated carbocycles. The average Bonchev–Trinajstić information content (AvgIpc) is 1.81. The fourth-order valence-corrected chi connectivity index (χ4v) is 13.2. The van der Waals surface area contributed by atoms with Crippen LogP contribution in [0.25, 0.3) is 0 Å². The van der Waals surface area contributed by atoms with E-state index in [4.69, 9.17) is 16.5 Å². The van der Waals surface area contributed by atoms with Crippen LogP contribution in [0, 0.1) is 0 Å². The van der Waals surface area contributed by atoms with Crippen LogP contribution >= 0.6 is 0 Å². The largest absolute Gasteiger partial charge is 0.420 e. The summed E-state index contributed by atoms with van der Waals surface area (Å²) in [5, 5.41) is 0. The summed E-state index contributed by atoms with van der Waals surface area (Å²) in [6.45, 7) is 8.16. The van der Waals surface area contributed by atoms with Crippen molar-refractivity contribution in [1.29, 1.82) is 0 Å². The van der Waals surface area contributed by atoms with Crippen molar-refractivity contribution >= 4 is 37.1 Å². The fraction of sp³-hybridized carbons (Fsp3) is 1.00. The maximum Gasteiger partial charge on any atom is 0.300 e. The smallest absolute Gasteiger partial charge is 0.300 e. The second kappa shape index (κ2) is 6.82. The van der Waals surface area contributed by atoms with Crippen LogP contribution in [0.3, 0.4) is 0 Å². The van der Waals surface area contributed by atoms with Gasteiger partial charge in [-0.25, -0.2) is 0 Å². The van der Waals surface area contributed by atoms with Crippen molar-refractivity contribution in [1.82, 2.24) is 0 Å². The minimum Gasteiger partial charge on any atom is -0.420 e. The third-order valence-electron chi connectivity index (χ3n) is 1.53. The normalized spacial score (nSPS) is 41.5. The first-order chi connectivity index (χ1) is 5.58. The Morgan fingerprint density at radius 2 is 0.692 bits per heavy atom. The molecule has 1 aliphatic heterocycles. The molecule has 0 aromatic heterocycles. The van der Waals surface area contributed by atoms with E-state index in [1.165, 1.54) is 0 Å². The van der Waals surface area contributed by atoms with Crippen LogP contribution in [0.15, 0.2) is 0 Å². The molecule has 1 aliphatic rings. The van der Waals surface area contributed by atoms with Gasteiger partial charge in [-0.05, 0) is 26.2 Å².